The first-order valence-corrected chi connectivity index (χ1v) is 11.2. The van der Waals surface area contributed by atoms with Crippen LogP contribution in [-0.2, 0) is 14.8 Å². The molecule has 5 nitrogen and oxygen atoms in total. The third kappa shape index (κ3) is 4.89. The van der Waals surface area contributed by atoms with Gasteiger partial charge < -0.3 is 5.32 Å². The number of anilines is 1. The van der Waals surface area contributed by atoms with Crippen molar-refractivity contribution >= 4 is 21.6 Å². The van der Waals surface area contributed by atoms with Crippen LogP contribution in [0.3, 0.4) is 0 Å². The summed E-state index contributed by atoms with van der Waals surface area (Å²) < 4.78 is 28.0. The Bertz CT molecular complexity index is 1110. The van der Waals surface area contributed by atoms with E-state index >= 15 is 0 Å². The number of nitrogens with one attached hydrogen (secondary N) is 1. The van der Waals surface area contributed by atoms with Crippen molar-refractivity contribution in [2.24, 2.45) is 0 Å². The van der Waals surface area contributed by atoms with Gasteiger partial charge in [-0.05, 0) is 50.1 Å². The summed E-state index contributed by atoms with van der Waals surface area (Å²) in [5.41, 5.74) is 3.26. The number of rotatable bonds is 7. The number of amides is 1. The fraction of sp³-hybridized carbons (Fsp3) is 0.208. The molecule has 1 atom stereocenters. The summed E-state index contributed by atoms with van der Waals surface area (Å²) in [6, 6.07) is 23.0. The van der Waals surface area contributed by atoms with E-state index in [1.54, 1.807) is 24.3 Å². The van der Waals surface area contributed by atoms with E-state index < -0.39 is 10.0 Å². The van der Waals surface area contributed by atoms with Crippen molar-refractivity contribution in [3.05, 3.63) is 95.6 Å². The molecular weight excluding hydrogens is 396 g/mol. The Kier molecular flexibility index (Phi) is 6.57. The second-order valence-electron chi connectivity index (χ2n) is 7.31. The summed E-state index contributed by atoms with van der Waals surface area (Å²) in [6.07, 6.45) is 0. The maximum Gasteiger partial charge on any atom is 0.264 e. The Morgan fingerprint density at radius 1 is 0.933 bits per heavy atom. The Morgan fingerprint density at radius 2 is 1.53 bits per heavy atom. The largest absolute Gasteiger partial charge is 0.348 e. The van der Waals surface area contributed by atoms with E-state index in [1.165, 1.54) is 16.4 Å². The molecule has 0 saturated carbocycles. The average Bonchev–Trinajstić information content (AvgIpc) is 2.73. The van der Waals surface area contributed by atoms with E-state index in [4.69, 9.17) is 0 Å². The molecule has 1 amide bonds. The number of sulfonamides is 1. The molecule has 30 heavy (non-hydrogen) atoms. The first-order valence-electron chi connectivity index (χ1n) is 9.78. The Morgan fingerprint density at radius 3 is 2.13 bits per heavy atom. The van der Waals surface area contributed by atoms with Crippen LogP contribution in [0, 0.1) is 13.8 Å². The van der Waals surface area contributed by atoms with Gasteiger partial charge in [0.2, 0.25) is 5.91 Å². The first kappa shape index (κ1) is 21.6. The molecule has 0 heterocycles. The van der Waals surface area contributed by atoms with Crippen LogP contribution in [-0.4, -0.2) is 20.9 Å². The van der Waals surface area contributed by atoms with Gasteiger partial charge in [-0.1, -0.05) is 66.2 Å². The molecule has 1 unspecified atom stereocenters. The highest BCUT2D eigenvalue weighted by Crippen LogP contribution is 2.27. The molecule has 0 radical (unpaired) electrons. The zero-order valence-electron chi connectivity index (χ0n) is 17.4. The number of hydrogen-bond donors (Lipinski definition) is 1. The number of benzene rings is 3. The quantitative estimate of drug-likeness (QED) is 0.615. The lowest BCUT2D eigenvalue weighted by Crippen LogP contribution is -2.41. The Hall–Kier alpha value is -3.12. The molecule has 0 fully saturated rings. The number of carbonyl (C=O) groups excluding carboxylic acids is 1. The van der Waals surface area contributed by atoms with Crippen LogP contribution in [0.4, 0.5) is 5.69 Å². The normalized spacial score (nSPS) is 12.2. The number of carbonyl (C=O) groups is 1. The monoisotopic (exact) mass is 422 g/mol. The highest BCUT2D eigenvalue weighted by Gasteiger charge is 2.28. The summed E-state index contributed by atoms with van der Waals surface area (Å²) >= 11 is 0. The SMILES string of the molecule is Cc1ccc(N(CC(=O)NC(C)c2ccccc2)S(=O)(=O)c2ccccc2)c(C)c1. The van der Waals surface area contributed by atoms with Gasteiger partial charge in [0.15, 0.2) is 0 Å². The summed E-state index contributed by atoms with van der Waals surface area (Å²) in [6.45, 7) is 5.36. The average molecular weight is 423 g/mol. The molecule has 3 aromatic carbocycles. The van der Waals surface area contributed by atoms with Crippen molar-refractivity contribution in [3.63, 3.8) is 0 Å². The zero-order chi connectivity index (χ0) is 21.7. The topological polar surface area (TPSA) is 66.5 Å². The summed E-state index contributed by atoms with van der Waals surface area (Å²) in [7, 11) is -3.91. The van der Waals surface area contributed by atoms with Crippen LogP contribution in [0.5, 0.6) is 0 Å². The van der Waals surface area contributed by atoms with E-state index in [-0.39, 0.29) is 23.4 Å². The van der Waals surface area contributed by atoms with Gasteiger partial charge in [-0.3, -0.25) is 9.10 Å². The number of hydrogen-bond acceptors (Lipinski definition) is 3. The molecule has 0 aliphatic heterocycles. The lowest BCUT2D eigenvalue weighted by molar-refractivity contribution is -0.120. The minimum Gasteiger partial charge on any atom is -0.348 e. The summed E-state index contributed by atoms with van der Waals surface area (Å²) in [4.78, 5) is 13.0. The fourth-order valence-corrected chi connectivity index (χ4v) is 4.85. The Balaban J connectivity index is 1.93. The van der Waals surface area contributed by atoms with Crippen LogP contribution in [0.1, 0.15) is 29.7 Å². The summed E-state index contributed by atoms with van der Waals surface area (Å²) in [5, 5.41) is 2.91. The van der Waals surface area contributed by atoms with E-state index in [9.17, 15) is 13.2 Å². The number of nitrogens with zero attached hydrogens (tertiary/aromatic N) is 1. The zero-order valence-corrected chi connectivity index (χ0v) is 18.2. The van der Waals surface area contributed by atoms with Crippen molar-refractivity contribution in [2.45, 2.75) is 31.7 Å². The second-order valence-corrected chi connectivity index (χ2v) is 9.18. The van der Waals surface area contributed by atoms with Gasteiger partial charge in [-0.25, -0.2) is 8.42 Å². The molecule has 0 aliphatic rings. The van der Waals surface area contributed by atoms with Crippen LogP contribution in [0.25, 0.3) is 0 Å². The lowest BCUT2D eigenvalue weighted by atomic mass is 10.1. The van der Waals surface area contributed by atoms with Crippen molar-refractivity contribution in [2.75, 3.05) is 10.8 Å². The summed E-state index contributed by atoms with van der Waals surface area (Å²) in [5.74, 6) is -0.370. The van der Waals surface area contributed by atoms with Gasteiger partial charge in [-0.15, -0.1) is 0 Å². The smallest absolute Gasteiger partial charge is 0.264 e. The maximum absolute atomic E-state index is 13.4. The minimum atomic E-state index is -3.91. The predicted octanol–water partition coefficient (Wildman–Crippen LogP) is 4.38. The molecule has 6 heteroatoms. The van der Waals surface area contributed by atoms with Crippen molar-refractivity contribution in [1.82, 2.24) is 5.32 Å². The van der Waals surface area contributed by atoms with Gasteiger partial charge >= 0.3 is 0 Å². The van der Waals surface area contributed by atoms with Crippen molar-refractivity contribution in [1.29, 1.82) is 0 Å². The maximum atomic E-state index is 13.4. The third-order valence-electron chi connectivity index (χ3n) is 4.92. The van der Waals surface area contributed by atoms with Crippen LogP contribution in [0.2, 0.25) is 0 Å². The second kappa shape index (κ2) is 9.13. The molecule has 3 aromatic rings. The highest BCUT2D eigenvalue weighted by molar-refractivity contribution is 7.92. The standard InChI is InChI=1S/C24H26N2O3S/c1-18-14-15-23(19(2)16-18)26(30(28,29)22-12-8-5-9-13-22)17-24(27)25-20(3)21-10-6-4-7-11-21/h4-16,20H,17H2,1-3H3,(H,25,27). The van der Waals surface area contributed by atoms with E-state index in [0.29, 0.717) is 5.69 Å². The molecule has 0 saturated heterocycles. The third-order valence-corrected chi connectivity index (χ3v) is 6.69. The lowest BCUT2D eigenvalue weighted by Gasteiger charge is -2.26. The van der Waals surface area contributed by atoms with Crippen molar-refractivity contribution in [3.8, 4) is 0 Å². The minimum absolute atomic E-state index is 0.147. The predicted molar refractivity (Wildman–Crippen MR) is 120 cm³/mol. The van der Waals surface area contributed by atoms with Crippen LogP contribution < -0.4 is 9.62 Å². The van der Waals surface area contributed by atoms with Crippen molar-refractivity contribution < 1.29 is 13.2 Å². The van der Waals surface area contributed by atoms with Gasteiger partial charge in [0.25, 0.3) is 10.0 Å². The van der Waals surface area contributed by atoms with Gasteiger partial charge in [0, 0.05) is 0 Å². The molecule has 0 aliphatic carbocycles. The van der Waals surface area contributed by atoms with Crippen LogP contribution >= 0.6 is 0 Å². The fourth-order valence-electron chi connectivity index (χ4n) is 3.35. The molecule has 0 spiro atoms. The first-order chi connectivity index (χ1) is 14.3. The molecule has 0 bridgehead atoms. The highest BCUT2D eigenvalue weighted by atomic mass is 32.2. The van der Waals surface area contributed by atoms with Crippen LogP contribution in [0.15, 0.2) is 83.8 Å². The van der Waals surface area contributed by atoms with E-state index in [1.807, 2.05) is 63.2 Å². The Labute approximate surface area is 178 Å². The molecule has 3 rings (SSSR count). The van der Waals surface area contributed by atoms with E-state index in [0.717, 1.165) is 16.7 Å². The molecule has 156 valence electrons. The van der Waals surface area contributed by atoms with E-state index in [2.05, 4.69) is 5.32 Å². The van der Waals surface area contributed by atoms with Gasteiger partial charge in [-0.2, -0.15) is 0 Å². The molecule has 1 N–H and O–H groups in total. The van der Waals surface area contributed by atoms with Gasteiger partial charge in [0.1, 0.15) is 6.54 Å². The molecule has 0 aromatic heterocycles. The van der Waals surface area contributed by atoms with Gasteiger partial charge in [0.05, 0.1) is 16.6 Å². The number of aryl methyl sites for hydroxylation is 2. The molecular formula is C24H26N2O3S.